The van der Waals surface area contributed by atoms with Crippen LogP contribution in [0.4, 0.5) is 4.39 Å². The van der Waals surface area contributed by atoms with Crippen LogP contribution in [0.25, 0.3) is 0 Å². The molecule has 0 saturated carbocycles. The van der Waals surface area contributed by atoms with Crippen molar-refractivity contribution in [1.29, 1.82) is 0 Å². The number of thioether (sulfide) groups is 1. The number of thiazole rings is 1. The fraction of sp³-hybridized carbons (Fsp3) is 0.375. The van der Waals surface area contributed by atoms with Crippen molar-refractivity contribution < 1.29 is 4.39 Å². The number of nitrogens with one attached hydrogen (secondary N) is 2. The number of nitrogens with zero attached hydrogens (tertiary/aromatic N) is 2. The fourth-order valence-corrected chi connectivity index (χ4v) is 3.44. The summed E-state index contributed by atoms with van der Waals surface area (Å²) in [5.74, 6) is 1.56. The molecule has 2 N–H and O–H groups in total. The van der Waals surface area contributed by atoms with Crippen molar-refractivity contribution >= 4 is 29.1 Å². The zero-order chi connectivity index (χ0) is 16.5. The van der Waals surface area contributed by atoms with E-state index in [1.165, 1.54) is 17.0 Å². The lowest BCUT2D eigenvalue weighted by Crippen LogP contribution is -2.37. The second-order valence-electron chi connectivity index (χ2n) is 4.87. The summed E-state index contributed by atoms with van der Waals surface area (Å²) in [6.07, 6.45) is 2.88. The van der Waals surface area contributed by atoms with Crippen LogP contribution < -0.4 is 10.6 Å². The van der Waals surface area contributed by atoms with E-state index in [0.717, 1.165) is 34.6 Å². The Morgan fingerprint density at radius 2 is 2.09 bits per heavy atom. The first-order chi connectivity index (χ1) is 11.2. The van der Waals surface area contributed by atoms with Gasteiger partial charge in [0.05, 0.1) is 6.54 Å². The number of aliphatic imine (C=N–C) groups is 1. The molecule has 124 valence electrons. The molecule has 0 atom stereocenters. The van der Waals surface area contributed by atoms with E-state index >= 15 is 0 Å². The van der Waals surface area contributed by atoms with Crippen LogP contribution in [-0.2, 0) is 6.54 Å². The number of hydrogen-bond acceptors (Lipinski definition) is 4. The van der Waals surface area contributed by atoms with Crippen molar-refractivity contribution in [3.05, 3.63) is 46.2 Å². The second-order valence-corrected chi connectivity index (χ2v) is 7.36. The van der Waals surface area contributed by atoms with Crippen molar-refractivity contribution in [3.63, 3.8) is 0 Å². The Bertz CT molecular complexity index is 625. The van der Waals surface area contributed by atoms with Crippen LogP contribution >= 0.6 is 23.1 Å². The summed E-state index contributed by atoms with van der Waals surface area (Å²) in [5.41, 5.74) is 0. The van der Waals surface area contributed by atoms with Crippen LogP contribution in [-0.4, -0.2) is 30.3 Å². The largest absolute Gasteiger partial charge is 0.356 e. The number of hydrogen-bond donors (Lipinski definition) is 2. The topological polar surface area (TPSA) is 49.3 Å². The first-order valence-electron chi connectivity index (χ1n) is 7.41. The molecule has 0 fully saturated rings. The van der Waals surface area contributed by atoms with Crippen LogP contribution in [0.15, 0.2) is 40.4 Å². The van der Waals surface area contributed by atoms with E-state index in [1.54, 1.807) is 30.1 Å². The van der Waals surface area contributed by atoms with Gasteiger partial charge in [-0.3, -0.25) is 4.99 Å². The van der Waals surface area contributed by atoms with Gasteiger partial charge in [-0.05, 0) is 43.4 Å². The molecule has 4 nitrogen and oxygen atoms in total. The van der Waals surface area contributed by atoms with Crippen molar-refractivity contribution in [2.24, 2.45) is 4.99 Å². The summed E-state index contributed by atoms with van der Waals surface area (Å²) in [6.45, 7) is 3.57. The molecular formula is C16H21FN4S2. The number of halogens is 1. The molecule has 0 aliphatic rings. The van der Waals surface area contributed by atoms with Gasteiger partial charge in [0.15, 0.2) is 5.96 Å². The molecular weight excluding hydrogens is 331 g/mol. The minimum atomic E-state index is -0.193. The van der Waals surface area contributed by atoms with Crippen LogP contribution in [0.1, 0.15) is 16.3 Å². The lowest BCUT2D eigenvalue weighted by atomic mass is 10.4. The van der Waals surface area contributed by atoms with E-state index in [1.807, 2.05) is 25.3 Å². The van der Waals surface area contributed by atoms with E-state index in [0.29, 0.717) is 6.54 Å². The Morgan fingerprint density at radius 1 is 1.30 bits per heavy atom. The maximum absolute atomic E-state index is 12.8. The molecule has 0 spiro atoms. The van der Waals surface area contributed by atoms with Gasteiger partial charge in [0.2, 0.25) is 0 Å². The Labute approximate surface area is 144 Å². The smallest absolute Gasteiger partial charge is 0.191 e. The van der Waals surface area contributed by atoms with Crippen molar-refractivity contribution in [3.8, 4) is 0 Å². The maximum Gasteiger partial charge on any atom is 0.191 e. The number of aryl methyl sites for hydroxylation is 1. The first-order valence-corrected chi connectivity index (χ1v) is 9.22. The number of benzene rings is 1. The molecule has 1 aromatic heterocycles. The van der Waals surface area contributed by atoms with Gasteiger partial charge in [0, 0.05) is 29.6 Å². The molecule has 7 heteroatoms. The highest BCUT2D eigenvalue weighted by Gasteiger charge is 2.01. The maximum atomic E-state index is 12.8. The summed E-state index contributed by atoms with van der Waals surface area (Å²) in [5, 5.41) is 7.59. The SMILES string of the molecule is CN=C(NCCCSc1ccc(F)cc1)NCc1ncc(C)s1. The van der Waals surface area contributed by atoms with Crippen LogP contribution in [0.5, 0.6) is 0 Å². The minimum Gasteiger partial charge on any atom is -0.356 e. The van der Waals surface area contributed by atoms with Gasteiger partial charge in [-0.2, -0.15) is 0 Å². The monoisotopic (exact) mass is 352 g/mol. The fourth-order valence-electron chi connectivity index (χ4n) is 1.86. The lowest BCUT2D eigenvalue weighted by molar-refractivity contribution is 0.626. The summed E-state index contributed by atoms with van der Waals surface area (Å²) in [6, 6.07) is 6.60. The quantitative estimate of drug-likeness (QED) is 0.347. The van der Waals surface area contributed by atoms with E-state index in [9.17, 15) is 4.39 Å². The van der Waals surface area contributed by atoms with E-state index in [2.05, 4.69) is 20.6 Å². The Balaban J connectivity index is 1.61. The van der Waals surface area contributed by atoms with Gasteiger partial charge in [0.25, 0.3) is 0 Å². The molecule has 2 rings (SSSR count). The summed E-state index contributed by atoms with van der Waals surface area (Å²) >= 11 is 3.41. The summed E-state index contributed by atoms with van der Waals surface area (Å²) in [7, 11) is 1.76. The molecule has 1 heterocycles. The van der Waals surface area contributed by atoms with Crippen LogP contribution in [0, 0.1) is 12.7 Å². The molecule has 0 aliphatic carbocycles. The van der Waals surface area contributed by atoms with Gasteiger partial charge in [-0.15, -0.1) is 23.1 Å². The Morgan fingerprint density at radius 3 is 2.74 bits per heavy atom. The van der Waals surface area contributed by atoms with Crippen LogP contribution in [0.2, 0.25) is 0 Å². The highest BCUT2D eigenvalue weighted by Crippen LogP contribution is 2.18. The molecule has 0 radical (unpaired) electrons. The van der Waals surface area contributed by atoms with E-state index < -0.39 is 0 Å². The molecule has 2 aromatic rings. The van der Waals surface area contributed by atoms with Crippen LogP contribution in [0.3, 0.4) is 0 Å². The molecule has 0 amide bonds. The molecule has 0 bridgehead atoms. The highest BCUT2D eigenvalue weighted by atomic mass is 32.2. The Hall–Kier alpha value is -1.60. The summed E-state index contributed by atoms with van der Waals surface area (Å²) < 4.78 is 12.8. The Kier molecular flexibility index (Phi) is 7.35. The molecule has 23 heavy (non-hydrogen) atoms. The van der Waals surface area contributed by atoms with Crippen molar-refractivity contribution in [2.45, 2.75) is 24.8 Å². The number of aromatic nitrogens is 1. The zero-order valence-corrected chi connectivity index (χ0v) is 14.9. The lowest BCUT2D eigenvalue weighted by Gasteiger charge is -2.10. The van der Waals surface area contributed by atoms with Crippen molar-refractivity contribution in [2.75, 3.05) is 19.3 Å². The normalized spacial score (nSPS) is 11.5. The standard InChI is InChI=1S/C16H21FN4S2/c1-12-10-20-15(23-12)11-21-16(18-2)19-8-3-9-22-14-6-4-13(17)5-7-14/h4-7,10H,3,8-9,11H2,1-2H3,(H2,18,19,21). The molecule has 0 aliphatic heterocycles. The van der Waals surface area contributed by atoms with Gasteiger partial charge in [0.1, 0.15) is 10.8 Å². The number of guanidine groups is 1. The predicted molar refractivity (Wildman–Crippen MR) is 96.8 cm³/mol. The average Bonchev–Trinajstić information content (AvgIpc) is 2.97. The third-order valence-electron chi connectivity index (χ3n) is 3.00. The molecule has 0 unspecified atom stereocenters. The van der Waals surface area contributed by atoms with Gasteiger partial charge in [-0.25, -0.2) is 9.37 Å². The highest BCUT2D eigenvalue weighted by molar-refractivity contribution is 7.99. The van der Waals surface area contributed by atoms with Gasteiger partial charge < -0.3 is 10.6 Å². The third-order valence-corrected chi connectivity index (χ3v) is 5.01. The molecule has 0 saturated heterocycles. The zero-order valence-electron chi connectivity index (χ0n) is 13.3. The van der Waals surface area contributed by atoms with Gasteiger partial charge in [-0.1, -0.05) is 0 Å². The first kappa shape index (κ1) is 17.7. The predicted octanol–water partition coefficient (Wildman–Crippen LogP) is 3.44. The number of rotatable bonds is 7. The summed E-state index contributed by atoms with van der Waals surface area (Å²) in [4.78, 5) is 10.8. The van der Waals surface area contributed by atoms with Gasteiger partial charge >= 0.3 is 0 Å². The minimum absolute atomic E-state index is 0.193. The average molecular weight is 353 g/mol. The second kappa shape index (κ2) is 9.52. The van der Waals surface area contributed by atoms with E-state index in [4.69, 9.17) is 0 Å². The van der Waals surface area contributed by atoms with E-state index in [-0.39, 0.29) is 5.82 Å². The molecule has 1 aromatic carbocycles. The third kappa shape index (κ3) is 6.58. The van der Waals surface area contributed by atoms with Crippen molar-refractivity contribution in [1.82, 2.24) is 15.6 Å².